The number of benzene rings is 2. The van der Waals surface area contributed by atoms with E-state index in [1.165, 1.54) is 6.42 Å². The van der Waals surface area contributed by atoms with Crippen molar-refractivity contribution >= 4 is 33.8 Å². The summed E-state index contributed by atoms with van der Waals surface area (Å²) in [5.74, 6) is 1.38. The standard InChI is InChI=1S/C25H26N4O3/c1-2-31-18-12-10-17(11-13-18)16-26-25(30)23-27-21-19-8-4-5-9-20(19)32-22(21)24(28-23)29-14-6-3-7-15-29/h4-5,8-13H,2-3,6-7,14-16H2,1H3,(H,26,30). The van der Waals surface area contributed by atoms with Crippen molar-refractivity contribution in [3.8, 4) is 5.75 Å². The quantitative estimate of drug-likeness (QED) is 0.478. The van der Waals surface area contributed by atoms with Gasteiger partial charge < -0.3 is 19.4 Å². The highest BCUT2D eigenvalue weighted by Gasteiger charge is 2.23. The lowest BCUT2D eigenvalue weighted by Gasteiger charge is -2.27. The first-order chi connectivity index (χ1) is 15.7. The molecule has 1 amide bonds. The lowest BCUT2D eigenvalue weighted by molar-refractivity contribution is 0.0941. The zero-order valence-corrected chi connectivity index (χ0v) is 18.1. The van der Waals surface area contributed by atoms with Crippen LogP contribution in [0.3, 0.4) is 0 Å². The molecule has 3 heterocycles. The van der Waals surface area contributed by atoms with E-state index in [0.29, 0.717) is 30.1 Å². The first kappa shape index (κ1) is 20.3. The molecule has 0 unspecified atom stereocenters. The van der Waals surface area contributed by atoms with Crippen molar-refractivity contribution in [3.05, 3.63) is 59.9 Å². The molecule has 1 aliphatic rings. The van der Waals surface area contributed by atoms with E-state index in [0.717, 1.165) is 48.2 Å². The van der Waals surface area contributed by atoms with Crippen molar-refractivity contribution in [1.29, 1.82) is 0 Å². The Morgan fingerprint density at radius 2 is 1.84 bits per heavy atom. The third-order valence-electron chi connectivity index (χ3n) is 5.75. The minimum Gasteiger partial charge on any atom is -0.494 e. The number of ether oxygens (including phenoxy) is 1. The number of carbonyl (C=O) groups excluding carboxylic acids is 1. The van der Waals surface area contributed by atoms with E-state index in [-0.39, 0.29) is 11.7 Å². The number of hydrogen-bond acceptors (Lipinski definition) is 6. The maximum Gasteiger partial charge on any atom is 0.289 e. The number of anilines is 1. The van der Waals surface area contributed by atoms with Gasteiger partial charge in [0.15, 0.2) is 11.4 Å². The SMILES string of the molecule is CCOc1ccc(CNC(=O)c2nc(N3CCCCC3)c3oc4ccccc4c3n2)cc1. The number of nitrogens with one attached hydrogen (secondary N) is 1. The number of fused-ring (bicyclic) bond motifs is 3. The summed E-state index contributed by atoms with van der Waals surface area (Å²) in [6.07, 6.45) is 3.41. The smallest absolute Gasteiger partial charge is 0.289 e. The highest BCUT2D eigenvalue weighted by atomic mass is 16.5. The molecule has 0 aliphatic carbocycles. The lowest BCUT2D eigenvalue weighted by Crippen LogP contribution is -2.32. The first-order valence-corrected chi connectivity index (χ1v) is 11.2. The summed E-state index contributed by atoms with van der Waals surface area (Å²) in [6.45, 7) is 4.76. The average molecular weight is 431 g/mol. The van der Waals surface area contributed by atoms with E-state index in [4.69, 9.17) is 9.15 Å². The molecule has 4 aromatic rings. The van der Waals surface area contributed by atoms with Crippen LogP contribution < -0.4 is 15.0 Å². The van der Waals surface area contributed by atoms with E-state index in [2.05, 4.69) is 20.2 Å². The molecule has 0 saturated carbocycles. The van der Waals surface area contributed by atoms with Gasteiger partial charge in [0.05, 0.1) is 6.61 Å². The number of carbonyl (C=O) groups is 1. The van der Waals surface area contributed by atoms with E-state index in [1.54, 1.807) is 0 Å². The van der Waals surface area contributed by atoms with Gasteiger partial charge in [0.1, 0.15) is 16.8 Å². The van der Waals surface area contributed by atoms with Gasteiger partial charge in [-0.25, -0.2) is 9.97 Å². The van der Waals surface area contributed by atoms with Crippen LogP contribution in [0.25, 0.3) is 22.1 Å². The largest absolute Gasteiger partial charge is 0.494 e. The Morgan fingerprint density at radius 1 is 1.06 bits per heavy atom. The molecule has 164 valence electrons. The van der Waals surface area contributed by atoms with Gasteiger partial charge in [-0.05, 0) is 56.0 Å². The fraction of sp³-hybridized carbons (Fsp3) is 0.320. The molecule has 7 nitrogen and oxygen atoms in total. The molecular formula is C25H26N4O3. The maximum atomic E-state index is 13.0. The van der Waals surface area contributed by atoms with Crippen LogP contribution in [-0.4, -0.2) is 35.6 Å². The number of nitrogens with zero attached hydrogens (tertiary/aromatic N) is 3. The number of rotatable bonds is 6. The molecule has 32 heavy (non-hydrogen) atoms. The number of para-hydroxylation sites is 1. The van der Waals surface area contributed by atoms with Crippen LogP contribution >= 0.6 is 0 Å². The summed E-state index contributed by atoms with van der Waals surface area (Å²) < 4.78 is 11.6. The Labute approximate surface area is 186 Å². The third kappa shape index (κ3) is 3.98. The predicted octanol–water partition coefficient (Wildman–Crippen LogP) is 4.70. The zero-order valence-electron chi connectivity index (χ0n) is 18.1. The second-order valence-electron chi connectivity index (χ2n) is 7.95. The number of hydrogen-bond donors (Lipinski definition) is 1. The molecule has 0 atom stereocenters. The van der Waals surface area contributed by atoms with Crippen LogP contribution in [-0.2, 0) is 6.54 Å². The Balaban J connectivity index is 1.45. The van der Waals surface area contributed by atoms with Crippen LogP contribution in [0.5, 0.6) is 5.75 Å². The fourth-order valence-corrected chi connectivity index (χ4v) is 4.13. The Hall–Kier alpha value is -3.61. The fourth-order valence-electron chi connectivity index (χ4n) is 4.13. The second-order valence-corrected chi connectivity index (χ2v) is 7.95. The minimum atomic E-state index is -0.302. The predicted molar refractivity (Wildman–Crippen MR) is 124 cm³/mol. The van der Waals surface area contributed by atoms with Gasteiger partial charge in [-0.15, -0.1) is 0 Å². The van der Waals surface area contributed by atoms with Gasteiger partial charge in [-0.1, -0.05) is 24.3 Å². The van der Waals surface area contributed by atoms with Gasteiger partial charge in [0, 0.05) is 25.0 Å². The highest BCUT2D eigenvalue weighted by molar-refractivity contribution is 6.07. The Bertz CT molecular complexity index is 1240. The number of furan rings is 1. The Kier molecular flexibility index (Phi) is 5.62. The van der Waals surface area contributed by atoms with Crippen molar-refractivity contribution in [2.45, 2.75) is 32.7 Å². The molecule has 0 bridgehead atoms. The molecular weight excluding hydrogens is 404 g/mol. The lowest BCUT2D eigenvalue weighted by atomic mass is 10.1. The molecule has 1 aliphatic heterocycles. The van der Waals surface area contributed by atoms with E-state index in [1.807, 2.05) is 55.5 Å². The summed E-state index contributed by atoms with van der Waals surface area (Å²) in [4.78, 5) is 24.5. The summed E-state index contributed by atoms with van der Waals surface area (Å²) in [6, 6.07) is 15.5. The van der Waals surface area contributed by atoms with Gasteiger partial charge in [0.25, 0.3) is 5.91 Å². The topological polar surface area (TPSA) is 80.5 Å². The molecule has 5 rings (SSSR count). The summed E-state index contributed by atoms with van der Waals surface area (Å²) in [7, 11) is 0. The summed E-state index contributed by atoms with van der Waals surface area (Å²) in [5, 5.41) is 3.84. The zero-order chi connectivity index (χ0) is 21.9. The third-order valence-corrected chi connectivity index (χ3v) is 5.75. The van der Waals surface area contributed by atoms with E-state index < -0.39 is 0 Å². The van der Waals surface area contributed by atoms with E-state index in [9.17, 15) is 4.79 Å². The van der Waals surface area contributed by atoms with Crippen molar-refractivity contribution in [1.82, 2.24) is 15.3 Å². The molecule has 2 aromatic heterocycles. The normalized spacial score (nSPS) is 14.1. The Morgan fingerprint density at radius 3 is 2.62 bits per heavy atom. The van der Waals surface area contributed by atoms with Gasteiger partial charge in [-0.3, -0.25) is 4.79 Å². The molecule has 1 saturated heterocycles. The molecule has 1 N–H and O–H groups in total. The van der Waals surface area contributed by atoms with Gasteiger partial charge in [0.2, 0.25) is 5.82 Å². The van der Waals surface area contributed by atoms with Crippen molar-refractivity contribution in [2.75, 3.05) is 24.6 Å². The first-order valence-electron chi connectivity index (χ1n) is 11.2. The monoisotopic (exact) mass is 430 g/mol. The second kappa shape index (κ2) is 8.86. The van der Waals surface area contributed by atoms with E-state index >= 15 is 0 Å². The average Bonchev–Trinajstić information content (AvgIpc) is 3.22. The van der Waals surface area contributed by atoms with Crippen molar-refractivity contribution in [2.24, 2.45) is 0 Å². The number of aromatic nitrogens is 2. The van der Waals surface area contributed by atoms with Crippen LogP contribution in [0.4, 0.5) is 5.82 Å². The minimum absolute atomic E-state index is 0.163. The van der Waals surface area contributed by atoms with Crippen LogP contribution in [0.15, 0.2) is 52.9 Å². The van der Waals surface area contributed by atoms with Crippen LogP contribution in [0, 0.1) is 0 Å². The maximum absolute atomic E-state index is 13.0. The highest BCUT2D eigenvalue weighted by Crippen LogP contribution is 2.33. The van der Waals surface area contributed by atoms with Gasteiger partial charge >= 0.3 is 0 Å². The molecule has 0 radical (unpaired) electrons. The molecule has 2 aromatic carbocycles. The van der Waals surface area contributed by atoms with Crippen LogP contribution in [0.2, 0.25) is 0 Å². The van der Waals surface area contributed by atoms with Crippen molar-refractivity contribution < 1.29 is 13.9 Å². The van der Waals surface area contributed by atoms with Gasteiger partial charge in [-0.2, -0.15) is 0 Å². The summed E-state index contributed by atoms with van der Waals surface area (Å²) in [5.41, 5.74) is 3.06. The number of piperidine rings is 1. The molecule has 1 fully saturated rings. The van der Waals surface area contributed by atoms with Crippen LogP contribution in [0.1, 0.15) is 42.4 Å². The van der Waals surface area contributed by atoms with Crippen molar-refractivity contribution in [3.63, 3.8) is 0 Å². The number of amides is 1. The molecule has 0 spiro atoms. The summed E-state index contributed by atoms with van der Waals surface area (Å²) >= 11 is 0. The molecule has 7 heteroatoms.